The van der Waals surface area contributed by atoms with Crippen molar-refractivity contribution in [3.05, 3.63) is 54.1 Å². The normalized spacial score (nSPS) is 11.7. The molecule has 0 aliphatic carbocycles. The minimum atomic E-state index is -3.25. The number of hydrogen-bond donors (Lipinski definition) is 1. The standard InChI is InChI=1S/C14H18ClN3O2S/c15-5-2-8-21(19,20)17-10-13-3-1-4-14(9-13)11-18-7-6-16-12-18/h1,3-4,6-7,9,12,17H,2,5,8,10-11H2. The quantitative estimate of drug-likeness (QED) is 0.754. The lowest BCUT2D eigenvalue weighted by atomic mass is 10.1. The molecule has 21 heavy (non-hydrogen) atoms. The Hall–Kier alpha value is -1.37. The van der Waals surface area contributed by atoms with Gasteiger partial charge in [-0.25, -0.2) is 18.1 Å². The van der Waals surface area contributed by atoms with Gasteiger partial charge in [-0.15, -0.1) is 11.6 Å². The second-order valence-electron chi connectivity index (χ2n) is 4.74. The van der Waals surface area contributed by atoms with E-state index >= 15 is 0 Å². The van der Waals surface area contributed by atoms with Crippen LogP contribution in [-0.4, -0.2) is 29.6 Å². The minimum absolute atomic E-state index is 0.0607. The number of nitrogens with zero attached hydrogens (tertiary/aromatic N) is 2. The highest BCUT2D eigenvalue weighted by Gasteiger charge is 2.09. The van der Waals surface area contributed by atoms with Crippen LogP contribution in [0.2, 0.25) is 0 Å². The summed E-state index contributed by atoms with van der Waals surface area (Å²) in [7, 11) is -3.25. The molecule has 0 unspecified atom stereocenters. The van der Waals surface area contributed by atoms with Gasteiger partial charge >= 0.3 is 0 Å². The summed E-state index contributed by atoms with van der Waals surface area (Å²) < 4.78 is 28.0. The second kappa shape index (κ2) is 7.59. The van der Waals surface area contributed by atoms with Gasteiger partial charge in [-0.1, -0.05) is 24.3 Å². The first-order chi connectivity index (χ1) is 10.1. The molecule has 0 atom stereocenters. The lowest BCUT2D eigenvalue weighted by Gasteiger charge is -2.08. The number of nitrogens with one attached hydrogen (secondary N) is 1. The van der Waals surface area contributed by atoms with Gasteiger partial charge in [0, 0.05) is 31.4 Å². The van der Waals surface area contributed by atoms with Crippen molar-refractivity contribution in [1.29, 1.82) is 0 Å². The van der Waals surface area contributed by atoms with Crippen LogP contribution in [0.4, 0.5) is 0 Å². The van der Waals surface area contributed by atoms with Gasteiger partial charge in [0.05, 0.1) is 12.1 Å². The highest BCUT2D eigenvalue weighted by Crippen LogP contribution is 2.08. The van der Waals surface area contributed by atoms with E-state index in [-0.39, 0.29) is 5.75 Å². The maximum absolute atomic E-state index is 11.7. The van der Waals surface area contributed by atoms with Crippen molar-refractivity contribution in [2.75, 3.05) is 11.6 Å². The average molecular weight is 328 g/mol. The summed E-state index contributed by atoms with van der Waals surface area (Å²) in [6, 6.07) is 7.83. The Bertz CT molecular complexity index is 657. The molecule has 114 valence electrons. The van der Waals surface area contributed by atoms with Crippen molar-refractivity contribution in [3.63, 3.8) is 0 Å². The predicted octanol–water partition coefficient (Wildman–Crippen LogP) is 1.98. The number of rotatable bonds is 8. The zero-order valence-electron chi connectivity index (χ0n) is 11.6. The summed E-state index contributed by atoms with van der Waals surface area (Å²) in [4.78, 5) is 4.00. The van der Waals surface area contributed by atoms with Crippen LogP contribution < -0.4 is 4.72 Å². The van der Waals surface area contributed by atoms with Gasteiger partial charge in [0.2, 0.25) is 10.0 Å². The molecular weight excluding hydrogens is 310 g/mol. The molecule has 0 bridgehead atoms. The van der Waals surface area contributed by atoms with Crippen molar-refractivity contribution in [2.45, 2.75) is 19.5 Å². The Kier molecular flexibility index (Phi) is 5.78. The van der Waals surface area contributed by atoms with E-state index in [2.05, 4.69) is 9.71 Å². The third-order valence-electron chi connectivity index (χ3n) is 2.96. The van der Waals surface area contributed by atoms with Crippen LogP contribution in [0.3, 0.4) is 0 Å². The van der Waals surface area contributed by atoms with E-state index in [1.54, 1.807) is 12.5 Å². The molecule has 0 aliphatic rings. The fourth-order valence-electron chi connectivity index (χ4n) is 1.94. The van der Waals surface area contributed by atoms with Gasteiger partial charge in [0.25, 0.3) is 0 Å². The predicted molar refractivity (Wildman–Crippen MR) is 83.7 cm³/mol. The van der Waals surface area contributed by atoms with E-state index in [1.807, 2.05) is 35.0 Å². The van der Waals surface area contributed by atoms with Crippen LogP contribution in [0, 0.1) is 0 Å². The van der Waals surface area contributed by atoms with Gasteiger partial charge in [-0.05, 0) is 17.5 Å². The van der Waals surface area contributed by atoms with Crippen LogP contribution in [0.15, 0.2) is 43.0 Å². The number of benzene rings is 1. The molecule has 1 aromatic carbocycles. The molecule has 2 aromatic rings. The van der Waals surface area contributed by atoms with Crippen molar-refractivity contribution in [2.24, 2.45) is 0 Å². The van der Waals surface area contributed by atoms with Crippen molar-refractivity contribution >= 4 is 21.6 Å². The number of alkyl halides is 1. The smallest absolute Gasteiger partial charge is 0.211 e. The van der Waals surface area contributed by atoms with Crippen LogP contribution >= 0.6 is 11.6 Å². The van der Waals surface area contributed by atoms with Gasteiger partial charge in [-0.3, -0.25) is 0 Å². The van der Waals surface area contributed by atoms with Crippen molar-refractivity contribution in [3.8, 4) is 0 Å². The van der Waals surface area contributed by atoms with Gasteiger partial charge < -0.3 is 4.57 Å². The molecule has 0 radical (unpaired) electrons. The number of sulfonamides is 1. The van der Waals surface area contributed by atoms with Crippen molar-refractivity contribution < 1.29 is 8.42 Å². The first-order valence-electron chi connectivity index (χ1n) is 6.66. The Morgan fingerprint density at radius 2 is 2.10 bits per heavy atom. The number of aromatic nitrogens is 2. The summed E-state index contributed by atoms with van der Waals surface area (Å²) in [5.41, 5.74) is 2.03. The molecule has 0 fully saturated rings. The van der Waals surface area contributed by atoms with E-state index in [0.717, 1.165) is 11.1 Å². The molecule has 0 spiro atoms. The van der Waals surface area contributed by atoms with E-state index in [4.69, 9.17) is 11.6 Å². The number of halogens is 1. The third-order valence-corrected chi connectivity index (χ3v) is 4.64. The fourth-order valence-corrected chi connectivity index (χ4v) is 3.29. The molecule has 5 nitrogen and oxygen atoms in total. The highest BCUT2D eigenvalue weighted by atomic mass is 35.5. The van der Waals surface area contributed by atoms with Crippen LogP contribution in [0.25, 0.3) is 0 Å². The molecule has 0 saturated heterocycles. The summed E-state index contributed by atoms with van der Waals surface area (Å²) in [6.07, 6.45) is 5.83. The molecule has 0 aliphatic heterocycles. The molecule has 0 amide bonds. The molecule has 1 N–H and O–H groups in total. The monoisotopic (exact) mass is 327 g/mol. The summed E-state index contributed by atoms with van der Waals surface area (Å²) in [5, 5.41) is 0. The largest absolute Gasteiger partial charge is 0.333 e. The number of hydrogen-bond acceptors (Lipinski definition) is 3. The summed E-state index contributed by atoms with van der Waals surface area (Å²) >= 11 is 5.51. The van der Waals surface area contributed by atoms with E-state index in [9.17, 15) is 8.42 Å². The highest BCUT2D eigenvalue weighted by molar-refractivity contribution is 7.89. The van der Waals surface area contributed by atoms with Gasteiger partial charge in [0.1, 0.15) is 0 Å². The first kappa shape index (κ1) is 16.0. The maximum Gasteiger partial charge on any atom is 0.211 e. The third kappa shape index (κ3) is 5.49. The zero-order chi connectivity index (χ0) is 15.1. The van der Waals surface area contributed by atoms with E-state index in [1.165, 1.54) is 0 Å². The molecule has 1 heterocycles. The average Bonchev–Trinajstić information content (AvgIpc) is 2.97. The lowest BCUT2D eigenvalue weighted by molar-refractivity contribution is 0.580. The first-order valence-corrected chi connectivity index (χ1v) is 8.84. The lowest BCUT2D eigenvalue weighted by Crippen LogP contribution is -2.26. The Balaban J connectivity index is 1.95. The van der Waals surface area contributed by atoms with E-state index < -0.39 is 10.0 Å². The van der Waals surface area contributed by atoms with Crippen LogP contribution in [0.5, 0.6) is 0 Å². The molecular formula is C14H18ClN3O2S. The minimum Gasteiger partial charge on any atom is -0.333 e. The van der Waals surface area contributed by atoms with Crippen LogP contribution in [0.1, 0.15) is 17.5 Å². The topological polar surface area (TPSA) is 64.0 Å². The summed E-state index contributed by atoms with van der Waals surface area (Å²) in [5.74, 6) is 0.409. The Labute approximate surface area is 130 Å². The fraction of sp³-hybridized carbons (Fsp3) is 0.357. The van der Waals surface area contributed by atoms with Crippen LogP contribution in [-0.2, 0) is 23.1 Å². The molecule has 2 rings (SSSR count). The van der Waals surface area contributed by atoms with E-state index in [0.29, 0.717) is 25.4 Å². The second-order valence-corrected chi connectivity index (χ2v) is 7.04. The SMILES string of the molecule is O=S(=O)(CCCCl)NCc1cccc(Cn2ccnc2)c1. The van der Waals surface area contributed by atoms with Gasteiger partial charge in [-0.2, -0.15) is 0 Å². The Morgan fingerprint density at radius 3 is 2.81 bits per heavy atom. The number of imidazole rings is 1. The Morgan fingerprint density at radius 1 is 1.29 bits per heavy atom. The molecule has 1 aromatic heterocycles. The molecule has 7 heteroatoms. The molecule has 0 saturated carbocycles. The summed E-state index contributed by atoms with van der Waals surface area (Å²) in [6.45, 7) is 1.01. The maximum atomic E-state index is 11.7. The zero-order valence-corrected chi connectivity index (χ0v) is 13.1. The van der Waals surface area contributed by atoms with Crippen molar-refractivity contribution in [1.82, 2.24) is 14.3 Å². The van der Waals surface area contributed by atoms with Gasteiger partial charge in [0.15, 0.2) is 0 Å².